The third kappa shape index (κ3) is 3.80. The van der Waals surface area contributed by atoms with Gasteiger partial charge in [-0.1, -0.05) is 42.3 Å². The quantitative estimate of drug-likeness (QED) is 0.613. The first-order chi connectivity index (χ1) is 8.90. The number of hydrogen-bond donors (Lipinski definition) is 1. The smallest absolute Gasteiger partial charge is 0.240 e. The predicted molar refractivity (Wildman–Crippen MR) is 67.7 cm³/mol. The molecule has 1 aromatic carbocycles. The molecule has 1 aliphatic heterocycles. The molecule has 1 aliphatic rings. The van der Waals surface area contributed by atoms with Crippen LogP contribution in [0, 0.1) is 0 Å². The van der Waals surface area contributed by atoms with Crippen LogP contribution in [0.4, 0.5) is 0 Å². The van der Waals surface area contributed by atoms with E-state index in [1.165, 1.54) is 11.5 Å². The zero-order valence-electron chi connectivity index (χ0n) is 10.4. The highest BCUT2D eigenvalue weighted by Gasteiger charge is 2.16. The van der Waals surface area contributed by atoms with Gasteiger partial charge in [-0.3, -0.25) is 9.63 Å². The second-order valence-electron chi connectivity index (χ2n) is 4.33. The number of piperidine rings is 1. The summed E-state index contributed by atoms with van der Waals surface area (Å²) in [4.78, 5) is 16.3. The zero-order chi connectivity index (χ0) is 12.6. The van der Waals surface area contributed by atoms with Crippen molar-refractivity contribution in [3.63, 3.8) is 0 Å². The van der Waals surface area contributed by atoms with E-state index in [0.29, 0.717) is 6.61 Å². The van der Waals surface area contributed by atoms with E-state index in [0.717, 1.165) is 37.9 Å². The van der Waals surface area contributed by atoms with Crippen LogP contribution in [0.5, 0.6) is 0 Å². The predicted octanol–water partition coefficient (Wildman–Crippen LogP) is 1.48. The molecule has 98 valence electrons. The second-order valence-corrected chi connectivity index (χ2v) is 4.33. The molecule has 0 unspecified atom stereocenters. The molecule has 0 aromatic heterocycles. The number of hydrazine groups is 2. The maximum Gasteiger partial charge on any atom is 0.240 e. The Balaban J connectivity index is 1.75. The van der Waals surface area contributed by atoms with Gasteiger partial charge in [0, 0.05) is 13.1 Å². The summed E-state index contributed by atoms with van der Waals surface area (Å²) in [6, 6.07) is 9.84. The molecule has 1 aromatic rings. The maximum absolute atomic E-state index is 11.0. The van der Waals surface area contributed by atoms with Gasteiger partial charge in [0.2, 0.25) is 6.41 Å². The summed E-state index contributed by atoms with van der Waals surface area (Å²) in [6.07, 6.45) is 4.21. The van der Waals surface area contributed by atoms with Gasteiger partial charge in [0.05, 0.1) is 6.61 Å². The summed E-state index contributed by atoms with van der Waals surface area (Å²) in [5.74, 6) is 0. The Morgan fingerprint density at radius 2 is 1.94 bits per heavy atom. The number of nitrogens with zero attached hydrogens (tertiary/aromatic N) is 2. The molecule has 0 aliphatic carbocycles. The molecule has 0 bridgehead atoms. The number of benzene rings is 1. The van der Waals surface area contributed by atoms with Crippen LogP contribution in [-0.4, -0.2) is 29.6 Å². The van der Waals surface area contributed by atoms with Crippen molar-refractivity contribution < 1.29 is 9.63 Å². The number of rotatable bonds is 6. The van der Waals surface area contributed by atoms with Gasteiger partial charge in [0.25, 0.3) is 0 Å². The standard InChI is InChI=1S/C13H19N3O2/c17-12-16(15-9-5-2-6-10-15)14-18-11-13-7-3-1-4-8-13/h1,3-4,7-8,12,14H,2,5-6,9-11H2. The van der Waals surface area contributed by atoms with Gasteiger partial charge in [-0.2, -0.15) is 5.12 Å². The fourth-order valence-corrected chi connectivity index (χ4v) is 1.99. The van der Waals surface area contributed by atoms with Crippen LogP contribution in [0.1, 0.15) is 24.8 Å². The molecule has 1 amide bonds. The molecule has 1 saturated heterocycles. The molecular formula is C13H19N3O2. The van der Waals surface area contributed by atoms with Gasteiger partial charge in [-0.25, -0.2) is 5.01 Å². The third-order valence-electron chi connectivity index (χ3n) is 2.98. The Hall–Kier alpha value is -1.43. The van der Waals surface area contributed by atoms with E-state index in [9.17, 15) is 4.79 Å². The van der Waals surface area contributed by atoms with Crippen LogP contribution < -0.4 is 5.59 Å². The Morgan fingerprint density at radius 1 is 1.22 bits per heavy atom. The number of carbonyl (C=O) groups excluding carboxylic acids is 1. The number of amides is 1. The van der Waals surface area contributed by atoms with Gasteiger partial charge in [0.1, 0.15) is 0 Å². The molecule has 18 heavy (non-hydrogen) atoms. The van der Waals surface area contributed by atoms with Crippen molar-refractivity contribution in [2.75, 3.05) is 13.1 Å². The van der Waals surface area contributed by atoms with E-state index in [2.05, 4.69) is 5.59 Å². The van der Waals surface area contributed by atoms with Crippen LogP contribution in [-0.2, 0) is 16.2 Å². The molecule has 2 rings (SSSR count). The van der Waals surface area contributed by atoms with Crippen molar-refractivity contribution in [1.82, 2.24) is 15.7 Å². The number of nitrogens with one attached hydrogen (secondary N) is 1. The monoisotopic (exact) mass is 249 g/mol. The second kappa shape index (κ2) is 7.10. The minimum absolute atomic E-state index is 0.430. The Morgan fingerprint density at radius 3 is 2.61 bits per heavy atom. The van der Waals surface area contributed by atoms with Crippen LogP contribution in [0.2, 0.25) is 0 Å². The van der Waals surface area contributed by atoms with E-state index in [1.54, 1.807) is 0 Å². The number of hydrogen-bond acceptors (Lipinski definition) is 4. The fraction of sp³-hybridized carbons (Fsp3) is 0.462. The minimum Gasteiger partial charge on any atom is -0.276 e. The lowest BCUT2D eigenvalue weighted by molar-refractivity contribution is -0.194. The van der Waals surface area contributed by atoms with E-state index in [1.807, 2.05) is 35.3 Å². The molecule has 1 heterocycles. The van der Waals surface area contributed by atoms with Crippen molar-refractivity contribution in [3.05, 3.63) is 35.9 Å². The Bertz CT molecular complexity index is 353. The van der Waals surface area contributed by atoms with Crippen molar-refractivity contribution in [3.8, 4) is 0 Å². The number of carbonyl (C=O) groups is 1. The largest absolute Gasteiger partial charge is 0.276 e. The molecule has 0 radical (unpaired) electrons. The van der Waals surface area contributed by atoms with Gasteiger partial charge in [0.15, 0.2) is 0 Å². The van der Waals surface area contributed by atoms with Crippen LogP contribution in [0.3, 0.4) is 0 Å². The highest BCUT2D eigenvalue weighted by atomic mass is 16.7. The normalized spacial score (nSPS) is 16.4. The maximum atomic E-state index is 11.0. The molecule has 1 N–H and O–H groups in total. The topological polar surface area (TPSA) is 44.8 Å². The third-order valence-corrected chi connectivity index (χ3v) is 2.98. The van der Waals surface area contributed by atoms with Gasteiger partial charge < -0.3 is 0 Å². The molecule has 0 spiro atoms. The summed E-state index contributed by atoms with van der Waals surface area (Å²) in [7, 11) is 0. The first-order valence-electron chi connectivity index (χ1n) is 6.31. The molecule has 0 saturated carbocycles. The van der Waals surface area contributed by atoms with Crippen molar-refractivity contribution in [1.29, 1.82) is 0 Å². The molecule has 5 heteroatoms. The average molecular weight is 249 g/mol. The molecule has 5 nitrogen and oxygen atoms in total. The van der Waals surface area contributed by atoms with Crippen LogP contribution in [0.25, 0.3) is 0 Å². The van der Waals surface area contributed by atoms with Crippen molar-refractivity contribution >= 4 is 6.41 Å². The van der Waals surface area contributed by atoms with Crippen molar-refractivity contribution in [2.45, 2.75) is 25.9 Å². The Kier molecular flexibility index (Phi) is 5.14. The van der Waals surface area contributed by atoms with E-state index in [4.69, 9.17) is 4.84 Å². The first kappa shape index (κ1) is 13.0. The lowest BCUT2D eigenvalue weighted by Crippen LogP contribution is -2.51. The highest BCUT2D eigenvalue weighted by molar-refractivity contribution is 5.44. The molecule has 0 atom stereocenters. The molecular weight excluding hydrogens is 230 g/mol. The van der Waals surface area contributed by atoms with Crippen LogP contribution >= 0.6 is 0 Å². The van der Waals surface area contributed by atoms with E-state index < -0.39 is 0 Å². The average Bonchev–Trinajstić information content (AvgIpc) is 2.46. The summed E-state index contributed by atoms with van der Waals surface area (Å²) in [6.45, 7) is 2.21. The minimum atomic E-state index is 0.430. The van der Waals surface area contributed by atoms with Crippen molar-refractivity contribution in [2.24, 2.45) is 0 Å². The van der Waals surface area contributed by atoms with Gasteiger partial charge in [-0.05, 0) is 18.4 Å². The summed E-state index contributed by atoms with van der Waals surface area (Å²) in [5, 5.41) is 3.35. The van der Waals surface area contributed by atoms with E-state index >= 15 is 0 Å². The van der Waals surface area contributed by atoms with Crippen LogP contribution in [0.15, 0.2) is 30.3 Å². The lowest BCUT2D eigenvalue weighted by Gasteiger charge is -2.33. The SMILES string of the molecule is O=CN(NOCc1ccccc1)N1CCCCC1. The molecule has 1 fully saturated rings. The van der Waals surface area contributed by atoms with Gasteiger partial charge in [-0.15, -0.1) is 0 Å². The highest BCUT2D eigenvalue weighted by Crippen LogP contribution is 2.09. The Labute approximate surface area is 107 Å². The van der Waals surface area contributed by atoms with Gasteiger partial charge >= 0.3 is 0 Å². The van der Waals surface area contributed by atoms with E-state index in [-0.39, 0.29) is 0 Å². The summed E-state index contributed by atoms with van der Waals surface area (Å²) in [5.41, 5.74) is 3.74. The zero-order valence-corrected chi connectivity index (χ0v) is 10.4. The fourth-order valence-electron chi connectivity index (χ4n) is 1.99. The first-order valence-corrected chi connectivity index (χ1v) is 6.31. The summed E-state index contributed by atoms with van der Waals surface area (Å²) < 4.78 is 0. The summed E-state index contributed by atoms with van der Waals surface area (Å²) >= 11 is 0. The lowest BCUT2D eigenvalue weighted by atomic mass is 10.2.